The van der Waals surface area contributed by atoms with Crippen molar-refractivity contribution in [1.29, 1.82) is 0 Å². The fraction of sp³-hybridized carbons (Fsp3) is 0.426. The Labute approximate surface area is 336 Å². The standard InChI is InChI=1S/C47H55NO9/c1-46(2,3)57-45(50)48-38(32-55-47(48,4)5)39(49)26-27-40-42(52-29-35-20-12-7-13-21-35)44(54-31-37-24-16-9-17-25-37)43(53-30-36-22-14-8-15-23-36)41(56-40)33-51-28-34-18-10-6-11-19-34/h6-25,38-44,49H,28-33H2,1-5H3/t38-,39-,40+,41-,42+,43-,44-/m1/s1. The summed E-state index contributed by atoms with van der Waals surface area (Å²) in [4.78, 5) is 14.8. The van der Waals surface area contributed by atoms with Crippen LogP contribution >= 0.6 is 0 Å². The maximum atomic E-state index is 13.4. The van der Waals surface area contributed by atoms with Crippen molar-refractivity contribution in [1.82, 2.24) is 4.90 Å². The molecule has 0 aliphatic carbocycles. The average molecular weight is 778 g/mol. The number of rotatable bonds is 14. The highest BCUT2D eigenvalue weighted by Crippen LogP contribution is 2.33. The number of carbonyl (C=O) groups excluding carboxylic acids is 1. The maximum Gasteiger partial charge on any atom is 0.413 e. The van der Waals surface area contributed by atoms with Gasteiger partial charge in [-0.15, -0.1) is 0 Å². The van der Waals surface area contributed by atoms with Crippen molar-refractivity contribution in [2.75, 3.05) is 13.2 Å². The minimum atomic E-state index is -1.30. The second kappa shape index (κ2) is 19.7. The molecule has 0 bridgehead atoms. The van der Waals surface area contributed by atoms with Gasteiger partial charge >= 0.3 is 6.09 Å². The lowest BCUT2D eigenvalue weighted by atomic mass is 9.93. The Bertz CT molecular complexity index is 1880. The number of carbonyl (C=O) groups is 1. The van der Waals surface area contributed by atoms with E-state index in [0.29, 0.717) is 13.2 Å². The quantitative estimate of drug-likeness (QED) is 0.131. The molecule has 2 aliphatic rings. The molecule has 10 heteroatoms. The van der Waals surface area contributed by atoms with E-state index in [9.17, 15) is 9.90 Å². The molecule has 7 atom stereocenters. The van der Waals surface area contributed by atoms with E-state index < -0.39 is 60.1 Å². The molecule has 6 rings (SSSR count). The smallest absolute Gasteiger partial charge is 0.413 e. The first-order chi connectivity index (χ1) is 27.5. The highest BCUT2D eigenvalue weighted by molar-refractivity contribution is 5.70. The number of aliphatic hydroxyl groups excluding tert-OH is 1. The Kier molecular flexibility index (Phi) is 14.6. The number of nitrogens with zero attached hydrogens (tertiary/aromatic N) is 1. The van der Waals surface area contributed by atoms with Gasteiger partial charge in [0.05, 0.1) is 45.7 Å². The Morgan fingerprint density at radius 1 is 0.737 bits per heavy atom. The van der Waals surface area contributed by atoms with Crippen LogP contribution in [0.3, 0.4) is 0 Å². The molecule has 0 unspecified atom stereocenters. The van der Waals surface area contributed by atoms with Gasteiger partial charge in [-0.1, -0.05) is 133 Å². The van der Waals surface area contributed by atoms with Crippen LogP contribution in [-0.4, -0.2) is 83.3 Å². The Hall–Kier alpha value is -4.57. The molecule has 0 saturated carbocycles. The van der Waals surface area contributed by atoms with Gasteiger partial charge in [0.2, 0.25) is 0 Å². The topological polar surface area (TPSA) is 105 Å². The number of hydrogen-bond donors (Lipinski definition) is 1. The molecule has 4 aromatic rings. The van der Waals surface area contributed by atoms with Crippen LogP contribution in [0.4, 0.5) is 4.79 Å². The van der Waals surface area contributed by atoms with Crippen molar-refractivity contribution in [2.45, 2.75) is 115 Å². The van der Waals surface area contributed by atoms with Gasteiger partial charge in [0.25, 0.3) is 0 Å². The van der Waals surface area contributed by atoms with Gasteiger partial charge < -0.3 is 38.3 Å². The zero-order valence-electron chi connectivity index (χ0n) is 33.5. The maximum absolute atomic E-state index is 13.4. The van der Waals surface area contributed by atoms with Gasteiger partial charge in [-0.2, -0.15) is 0 Å². The molecule has 57 heavy (non-hydrogen) atoms. The summed E-state index contributed by atoms with van der Waals surface area (Å²) >= 11 is 0. The summed E-state index contributed by atoms with van der Waals surface area (Å²) in [5.41, 5.74) is 2.17. The van der Waals surface area contributed by atoms with Crippen molar-refractivity contribution in [3.63, 3.8) is 0 Å². The first-order valence-corrected chi connectivity index (χ1v) is 19.6. The fourth-order valence-corrected chi connectivity index (χ4v) is 6.90. The number of amides is 1. The van der Waals surface area contributed by atoms with Crippen LogP contribution in [0.5, 0.6) is 0 Å². The average Bonchev–Trinajstić information content (AvgIpc) is 3.53. The fourth-order valence-electron chi connectivity index (χ4n) is 6.90. The van der Waals surface area contributed by atoms with E-state index in [0.717, 1.165) is 22.3 Å². The van der Waals surface area contributed by atoms with E-state index in [1.807, 2.05) is 121 Å². The van der Waals surface area contributed by atoms with Crippen LogP contribution in [-0.2, 0) is 59.6 Å². The lowest BCUT2D eigenvalue weighted by molar-refractivity contribution is -0.261. The number of benzene rings is 4. The molecule has 2 saturated heterocycles. The van der Waals surface area contributed by atoms with Crippen molar-refractivity contribution in [3.8, 4) is 11.8 Å². The Balaban J connectivity index is 1.34. The molecular weight excluding hydrogens is 723 g/mol. The summed E-state index contributed by atoms with van der Waals surface area (Å²) in [7, 11) is 0. The predicted molar refractivity (Wildman–Crippen MR) is 215 cm³/mol. The third kappa shape index (κ3) is 12.0. The largest absolute Gasteiger partial charge is 0.444 e. The molecule has 4 aromatic carbocycles. The molecule has 2 heterocycles. The molecule has 10 nitrogen and oxygen atoms in total. The highest BCUT2D eigenvalue weighted by atomic mass is 16.6. The zero-order valence-corrected chi connectivity index (χ0v) is 33.5. The first kappa shape index (κ1) is 42.0. The zero-order chi connectivity index (χ0) is 40.3. The summed E-state index contributed by atoms with van der Waals surface area (Å²) in [5.74, 6) is 6.22. The van der Waals surface area contributed by atoms with Crippen LogP contribution in [0.25, 0.3) is 0 Å². The monoisotopic (exact) mass is 777 g/mol. The molecule has 302 valence electrons. The van der Waals surface area contributed by atoms with Gasteiger partial charge in [0, 0.05) is 0 Å². The second-order valence-electron chi connectivity index (χ2n) is 15.8. The first-order valence-electron chi connectivity index (χ1n) is 19.6. The molecular formula is C47H55NO9. The number of ether oxygens (including phenoxy) is 7. The highest BCUT2D eigenvalue weighted by Gasteiger charge is 2.50. The van der Waals surface area contributed by atoms with Gasteiger partial charge in [-0.25, -0.2) is 4.79 Å². The summed E-state index contributed by atoms with van der Waals surface area (Å²) in [6, 6.07) is 38.9. The van der Waals surface area contributed by atoms with Crippen LogP contribution in [0.1, 0.15) is 56.9 Å². The van der Waals surface area contributed by atoms with Crippen molar-refractivity contribution >= 4 is 6.09 Å². The summed E-state index contributed by atoms with van der Waals surface area (Å²) in [6.07, 6.45) is -5.52. The third-order valence-corrected chi connectivity index (χ3v) is 9.73. The minimum absolute atomic E-state index is 0.0652. The van der Waals surface area contributed by atoms with E-state index >= 15 is 0 Å². The summed E-state index contributed by atoms with van der Waals surface area (Å²) < 4.78 is 45.1. The molecule has 1 N–H and O–H groups in total. The summed E-state index contributed by atoms with van der Waals surface area (Å²) in [6.45, 7) is 10.3. The second-order valence-corrected chi connectivity index (χ2v) is 15.8. The van der Waals surface area contributed by atoms with E-state index in [-0.39, 0.29) is 26.4 Å². The lowest BCUT2D eigenvalue weighted by Gasteiger charge is -2.45. The van der Waals surface area contributed by atoms with Crippen molar-refractivity contribution in [3.05, 3.63) is 144 Å². The molecule has 2 fully saturated rings. The van der Waals surface area contributed by atoms with Gasteiger partial charge in [-0.3, -0.25) is 4.90 Å². The van der Waals surface area contributed by atoms with Crippen LogP contribution in [0, 0.1) is 11.8 Å². The molecule has 1 amide bonds. The Morgan fingerprint density at radius 3 is 1.68 bits per heavy atom. The lowest BCUT2D eigenvalue weighted by Crippen LogP contribution is -2.61. The number of aliphatic hydroxyl groups is 1. The minimum Gasteiger partial charge on any atom is -0.444 e. The molecule has 0 aromatic heterocycles. The van der Waals surface area contributed by atoms with Crippen LogP contribution in [0.2, 0.25) is 0 Å². The SMILES string of the molecule is CC(C)(C)OC(=O)N1[C@@H]([C@H](O)C#C[C@@H]2O[C@H](COCc3ccccc3)[C@@H](OCc3ccccc3)[C@H](OCc3ccccc3)[C@H]2OCc2ccccc2)COC1(C)C. The van der Waals surface area contributed by atoms with Gasteiger partial charge in [-0.05, 0) is 56.9 Å². The van der Waals surface area contributed by atoms with Crippen LogP contribution in [0.15, 0.2) is 121 Å². The molecule has 0 spiro atoms. The normalized spacial score (nSPS) is 23.6. The van der Waals surface area contributed by atoms with Crippen LogP contribution < -0.4 is 0 Å². The van der Waals surface area contributed by atoms with E-state index in [2.05, 4.69) is 11.8 Å². The van der Waals surface area contributed by atoms with Gasteiger partial charge in [0.15, 0.2) is 0 Å². The van der Waals surface area contributed by atoms with E-state index in [4.69, 9.17) is 33.2 Å². The summed E-state index contributed by atoms with van der Waals surface area (Å²) in [5, 5.41) is 11.7. The van der Waals surface area contributed by atoms with Crippen molar-refractivity contribution < 1.29 is 43.1 Å². The molecule has 0 radical (unpaired) electrons. The third-order valence-electron chi connectivity index (χ3n) is 9.73. The van der Waals surface area contributed by atoms with E-state index in [1.54, 1.807) is 34.6 Å². The molecule has 2 aliphatic heterocycles. The van der Waals surface area contributed by atoms with Gasteiger partial charge in [0.1, 0.15) is 47.9 Å². The number of hydrogen-bond acceptors (Lipinski definition) is 9. The van der Waals surface area contributed by atoms with Crippen molar-refractivity contribution in [2.24, 2.45) is 0 Å². The predicted octanol–water partition coefficient (Wildman–Crippen LogP) is 7.46. The van der Waals surface area contributed by atoms with E-state index in [1.165, 1.54) is 4.90 Å². The Morgan fingerprint density at radius 2 is 1.19 bits per heavy atom.